The van der Waals surface area contributed by atoms with Gasteiger partial charge >= 0.3 is 5.91 Å². The molecule has 1 aromatic heterocycles. The van der Waals surface area contributed by atoms with E-state index in [1.807, 2.05) is 18.2 Å². The highest BCUT2D eigenvalue weighted by Crippen LogP contribution is 2.24. The Hall–Kier alpha value is -3.48. The van der Waals surface area contributed by atoms with Crippen molar-refractivity contribution in [3.8, 4) is 0 Å². The molecule has 1 amide bonds. The first-order valence-corrected chi connectivity index (χ1v) is 7.13. The molecule has 0 spiro atoms. The van der Waals surface area contributed by atoms with Crippen LogP contribution in [0.15, 0.2) is 58.0 Å². The fourth-order valence-corrected chi connectivity index (χ4v) is 2.37. The standard InChI is InChI=1S/C17H13N3O4/c1-11-13-7-3-5-9-15(13)24-16(11)17(21)19-18-10-12-6-2-4-8-14(12)20(22)23/h2-10H,1H3,(H,19,21)/b18-10-. The first-order chi connectivity index (χ1) is 11.6. The summed E-state index contributed by atoms with van der Waals surface area (Å²) >= 11 is 0. The first-order valence-electron chi connectivity index (χ1n) is 7.13. The van der Waals surface area contributed by atoms with Crippen molar-refractivity contribution in [2.45, 2.75) is 6.92 Å². The van der Waals surface area contributed by atoms with Crippen molar-refractivity contribution < 1.29 is 14.1 Å². The van der Waals surface area contributed by atoms with E-state index in [0.29, 0.717) is 16.7 Å². The van der Waals surface area contributed by atoms with Crippen LogP contribution in [0.5, 0.6) is 0 Å². The molecule has 0 radical (unpaired) electrons. The maximum Gasteiger partial charge on any atom is 0.307 e. The van der Waals surface area contributed by atoms with Gasteiger partial charge in [0.1, 0.15) is 5.58 Å². The van der Waals surface area contributed by atoms with Crippen molar-refractivity contribution in [2.75, 3.05) is 0 Å². The number of furan rings is 1. The molecule has 7 nitrogen and oxygen atoms in total. The quantitative estimate of drug-likeness (QED) is 0.452. The van der Waals surface area contributed by atoms with Crippen LogP contribution in [0.25, 0.3) is 11.0 Å². The molecule has 2 aromatic carbocycles. The predicted molar refractivity (Wildman–Crippen MR) is 89.1 cm³/mol. The second-order valence-electron chi connectivity index (χ2n) is 5.07. The lowest BCUT2D eigenvalue weighted by Gasteiger charge is -1.98. The number of rotatable bonds is 4. The highest BCUT2D eigenvalue weighted by atomic mass is 16.6. The number of hydrogen-bond donors (Lipinski definition) is 1. The van der Waals surface area contributed by atoms with Crippen LogP contribution in [0.1, 0.15) is 21.7 Å². The zero-order valence-corrected chi connectivity index (χ0v) is 12.7. The zero-order chi connectivity index (χ0) is 17.1. The Kier molecular flexibility index (Phi) is 4.07. The summed E-state index contributed by atoms with van der Waals surface area (Å²) in [5.41, 5.74) is 3.86. The van der Waals surface area contributed by atoms with E-state index in [4.69, 9.17) is 4.42 Å². The molecule has 0 saturated carbocycles. The highest BCUT2D eigenvalue weighted by molar-refractivity contribution is 5.99. The van der Waals surface area contributed by atoms with Crippen LogP contribution >= 0.6 is 0 Å². The first kappa shape index (κ1) is 15.4. The predicted octanol–water partition coefficient (Wildman–Crippen LogP) is 3.41. The van der Waals surface area contributed by atoms with E-state index in [9.17, 15) is 14.9 Å². The largest absolute Gasteiger partial charge is 0.451 e. The van der Waals surface area contributed by atoms with Gasteiger partial charge in [-0.2, -0.15) is 5.10 Å². The van der Waals surface area contributed by atoms with E-state index in [1.165, 1.54) is 12.3 Å². The third-order valence-electron chi connectivity index (χ3n) is 3.55. The molecule has 24 heavy (non-hydrogen) atoms. The molecule has 0 aliphatic carbocycles. The second-order valence-corrected chi connectivity index (χ2v) is 5.07. The summed E-state index contributed by atoms with van der Waals surface area (Å²) < 4.78 is 5.53. The summed E-state index contributed by atoms with van der Waals surface area (Å²) in [7, 11) is 0. The third-order valence-corrected chi connectivity index (χ3v) is 3.55. The van der Waals surface area contributed by atoms with E-state index >= 15 is 0 Å². The fraction of sp³-hybridized carbons (Fsp3) is 0.0588. The van der Waals surface area contributed by atoms with Gasteiger partial charge in [-0.25, -0.2) is 5.43 Å². The van der Waals surface area contributed by atoms with E-state index in [-0.39, 0.29) is 11.4 Å². The van der Waals surface area contributed by atoms with E-state index in [1.54, 1.807) is 31.2 Å². The summed E-state index contributed by atoms with van der Waals surface area (Å²) in [6, 6.07) is 13.4. The van der Waals surface area contributed by atoms with Crippen LogP contribution in [0.2, 0.25) is 0 Å². The number of nitro groups is 1. The Bertz CT molecular complexity index is 959. The number of hydrogen-bond acceptors (Lipinski definition) is 5. The Labute approximate surface area is 136 Å². The van der Waals surface area contributed by atoms with Crippen LogP contribution in [0.3, 0.4) is 0 Å². The van der Waals surface area contributed by atoms with Crippen molar-refractivity contribution in [3.05, 3.63) is 75.5 Å². The molecule has 0 fully saturated rings. The average molecular weight is 323 g/mol. The molecular formula is C17H13N3O4. The Morgan fingerprint density at radius 1 is 1.21 bits per heavy atom. The van der Waals surface area contributed by atoms with Gasteiger partial charge in [0.2, 0.25) is 0 Å². The monoisotopic (exact) mass is 323 g/mol. The van der Waals surface area contributed by atoms with E-state index < -0.39 is 10.8 Å². The molecule has 1 N–H and O–H groups in total. The Balaban J connectivity index is 1.80. The number of amides is 1. The minimum absolute atomic E-state index is 0.0876. The molecule has 0 saturated heterocycles. The van der Waals surface area contributed by atoms with Crippen molar-refractivity contribution in [2.24, 2.45) is 5.10 Å². The molecule has 0 bridgehead atoms. The summed E-state index contributed by atoms with van der Waals surface area (Å²) in [6.45, 7) is 1.78. The van der Waals surface area contributed by atoms with Crippen molar-refractivity contribution in [3.63, 3.8) is 0 Å². The van der Waals surface area contributed by atoms with Crippen molar-refractivity contribution in [1.29, 1.82) is 0 Å². The molecule has 3 rings (SSSR count). The van der Waals surface area contributed by atoms with Gasteiger partial charge in [0, 0.05) is 17.0 Å². The number of hydrazone groups is 1. The molecular weight excluding hydrogens is 310 g/mol. The number of fused-ring (bicyclic) bond motifs is 1. The molecule has 3 aromatic rings. The number of aryl methyl sites for hydroxylation is 1. The lowest BCUT2D eigenvalue weighted by Crippen LogP contribution is -2.17. The fourth-order valence-electron chi connectivity index (χ4n) is 2.37. The Morgan fingerprint density at radius 3 is 2.67 bits per heavy atom. The topological polar surface area (TPSA) is 97.7 Å². The number of nitro benzene ring substituents is 1. The van der Waals surface area contributed by atoms with Gasteiger partial charge in [0.15, 0.2) is 5.76 Å². The van der Waals surface area contributed by atoms with Crippen LogP contribution < -0.4 is 5.43 Å². The number of carbonyl (C=O) groups excluding carboxylic acids is 1. The summed E-state index contributed by atoms with van der Waals surface area (Å²) in [5.74, 6) is -0.352. The van der Waals surface area contributed by atoms with Gasteiger partial charge in [-0.1, -0.05) is 30.3 Å². The lowest BCUT2D eigenvalue weighted by atomic mass is 10.1. The summed E-state index contributed by atoms with van der Waals surface area (Å²) in [5, 5.41) is 15.6. The molecule has 7 heteroatoms. The van der Waals surface area contributed by atoms with Crippen molar-refractivity contribution >= 4 is 28.8 Å². The van der Waals surface area contributed by atoms with E-state index in [2.05, 4.69) is 10.5 Å². The lowest BCUT2D eigenvalue weighted by molar-refractivity contribution is -0.385. The number of benzene rings is 2. The SMILES string of the molecule is Cc1c(C(=O)N/N=C\c2ccccc2[N+](=O)[O-])oc2ccccc12. The zero-order valence-electron chi connectivity index (χ0n) is 12.7. The van der Waals surface area contributed by atoms with Crippen LogP contribution in [0, 0.1) is 17.0 Å². The Morgan fingerprint density at radius 2 is 1.92 bits per heavy atom. The minimum atomic E-state index is -0.515. The minimum Gasteiger partial charge on any atom is -0.451 e. The molecule has 0 aliphatic rings. The summed E-state index contributed by atoms with van der Waals surface area (Å²) in [6.07, 6.45) is 1.23. The van der Waals surface area contributed by atoms with Crippen LogP contribution in [0.4, 0.5) is 5.69 Å². The number of carbonyl (C=O) groups is 1. The van der Waals surface area contributed by atoms with Gasteiger partial charge in [-0.3, -0.25) is 14.9 Å². The molecule has 0 atom stereocenters. The third kappa shape index (κ3) is 2.87. The van der Waals surface area contributed by atoms with E-state index in [0.717, 1.165) is 5.39 Å². The number of nitrogens with zero attached hydrogens (tertiary/aromatic N) is 2. The van der Waals surface area contributed by atoms with Crippen LogP contribution in [-0.4, -0.2) is 17.0 Å². The molecule has 0 aliphatic heterocycles. The number of para-hydroxylation sites is 2. The van der Waals surface area contributed by atoms with Gasteiger partial charge in [-0.15, -0.1) is 0 Å². The van der Waals surface area contributed by atoms with Crippen LogP contribution in [-0.2, 0) is 0 Å². The second kappa shape index (κ2) is 6.33. The smallest absolute Gasteiger partial charge is 0.307 e. The van der Waals surface area contributed by atoms with Gasteiger partial charge < -0.3 is 4.42 Å². The highest BCUT2D eigenvalue weighted by Gasteiger charge is 2.17. The maximum atomic E-state index is 12.2. The molecule has 1 heterocycles. The average Bonchev–Trinajstić information content (AvgIpc) is 2.92. The molecule has 120 valence electrons. The maximum absolute atomic E-state index is 12.2. The van der Waals surface area contributed by atoms with Crippen molar-refractivity contribution in [1.82, 2.24) is 5.43 Å². The summed E-state index contributed by atoms with van der Waals surface area (Å²) in [4.78, 5) is 22.6. The molecule has 0 unspecified atom stereocenters. The van der Waals surface area contributed by atoms with Gasteiger partial charge in [0.25, 0.3) is 5.69 Å². The normalized spacial score (nSPS) is 11.0. The van der Waals surface area contributed by atoms with Gasteiger partial charge in [0.05, 0.1) is 16.7 Å². The number of nitrogens with one attached hydrogen (secondary N) is 1. The van der Waals surface area contributed by atoms with Gasteiger partial charge in [-0.05, 0) is 19.1 Å².